The van der Waals surface area contributed by atoms with Crippen LogP contribution in [0.4, 0.5) is 0 Å². The first kappa shape index (κ1) is 55.5. The van der Waals surface area contributed by atoms with Crippen molar-refractivity contribution in [3.63, 3.8) is 0 Å². The third-order valence-corrected chi connectivity index (χ3v) is 11.4. The van der Waals surface area contributed by atoms with Crippen molar-refractivity contribution in [1.82, 2.24) is 0 Å². The van der Waals surface area contributed by atoms with E-state index in [-0.39, 0.29) is 26.1 Å². The van der Waals surface area contributed by atoms with Gasteiger partial charge in [-0.05, 0) is 76.3 Å². The smallest absolute Gasteiger partial charge is 0.306 e. The van der Waals surface area contributed by atoms with Gasteiger partial charge in [0.1, 0.15) is 31.3 Å². The first-order valence-corrected chi connectivity index (χ1v) is 24.6. The third kappa shape index (κ3) is 30.5. The van der Waals surface area contributed by atoms with Crippen molar-refractivity contribution in [2.24, 2.45) is 0 Å². The number of esters is 2. The van der Waals surface area contributed by atoms with E-state index in [4.69, 9.17) is 22.9 Å². The number of hydrogen-bond acceptors (Lipinski definition) is 10. The van der Waals surface area contributed by atoms with Gasteiger partial charge in [0.15, 0.2) is 6.10 Å². The number of aryl methyl sites for hydroxylation is 2. The van der Waals surface area contributed by atoms with Gasteiger partial charge >= 0.3 is 11.9 Å². The molecule has 12 heteroatoms. The normalized spacial score (nSPS) is 14.3. The third-order valence-electron chi connectivity index (χ3n) is 10.5. The monoisotopic (exact) mass is 866 g/mol. The molecule has 0 fully saturated rings. The minimum atomic E-state index is -4.66. The maximum absolute atomic E-state index is 12.8. The Morgan fingerprint density at radius 2 is 1.30 bits per heavy atom. The lowest BCUT2D eigenvalue weighted by Crippen LogP contribution is -2.37. The summed E-state index contributed by atoms with van der Waals surface area (Å²) in [5, 5.41) is 9.89. The second-order valence-electron chi connectivity index (χ2n) is 17.2. The number of aliphatic hydroxyl groups is 1. The van der Waals surface area contributed by atoms with Crippen molar-refractivity contribution in [2.45, 2.75) is 188 Å². The molecule has 0 aliphatic carbocycles. The topological polar surface area (TPSA) is 145 Å². The van der Waals surface area contributed by atoms with Crippen LogP contribution in [0.25, 0.3) is 0 Å². The molecule has 3 atom stereocenters. The van der Waals surface area contributed by atoms with E-state index in [1.54, 1.807) is 6.08 Å². The molecular formula is C48H84NO10P. The van der Waals surface area contributed by atoms with Crippen LogP contribution in [0.3, 0.4) is 0 Å². The zero-order valence-electron chi connectivity index (χ0n) is 38.7. The van der Waals surface area contributed by atoms with E-state index >= 15 is 0 Å². The maximum atomic E-state index is 12.8. The number of carbonyl (C=O) groups is 2. The molecule has 0 aliphatic rings. The molecular weight excluding hydrogens is 781 g/mol. The summed E-state index contributed by atoms with van der Waals surface area (Å²) in [6.07, 6.45) is 31.8. The largest absolute Gasteiger partial charge is 0.756 e. The minimum absolute atomic E-state index is 0.0510. The fraction of sp³-hybridized carbons (Fsp3) is 0.750. The lowest BCUT2D eigenvalue weighted by molar-refractivity contribution is -0.870. The molecule has 1 heterocycles. The summed E-state index contributed by atoms with van der Waals surface area (Å²) in [7, 11) is 1.10. The van der Waals surface area contributed by atoms with E-state index in [9.17, 15) is 24.2 Å². The first-order valence-electron chi connectivity index (χ1n) is 23.2. The number of ether oxygens (including phenoxy) is 2. The molecule has 0 saturated carbocycles. The number of nitrogens with zero attached hydrogens (tertiary/aromatic N) is 1. The van der Waals surface area contributed by atoms with Crippen LogP contribution in [0.15, 0.2) is 40.9 Å². The quantitative estimate of drug-likeness (QED) is 0.0170. The van der Waals surface area contributed by atoms with Crippen molar-refractivity contribution in [2.75, 3.05) is 47.5 Å². The van der Waals surface area contributed by atoms with Gasteiger partial charge in [0, 0.05) is 25.7 Å². The molecule has 1 rings (SSSR count). The van der Waals surface area contributed by atoms with Gasteiger partial charge in [0.05, 0.1) is 33.9 Å². The van der Waals surface area contributed by atoms with Crippen LogP contribution in [0.1, 0.15) is 171 Å². The Bertz CT molecular complexity index is 1410. The van der Waals surface area contributed by atoms with E-state index in [0.717, 1.165) is 89.2 Å². The summed E-state index contributed by atoms with van der Waals surface area (Å²) in [4.78, 5) is 37.7. The van der Waals surface area contributed by atoms with Crippen molar-refractivity contribution in [3.8, 4) is 0 Å². The number of rotatable bonds is 38. The number of phosphoric ester groups is 1. The van der Waals surface area contributed by atoms with E-state index < -0.39 is 38.6 Å². The highest BCUT2D eigenvalue weighted by Gasteiger charge is 2.22. The summed E-state index contributed by atoms with van der Waals surface area (Å²) in [5.74, 6) is 1.41. The van der Waals surface area contributed by atoms with Crippen LogP contribution in [-0.4, -0.2) is 81.2 Å². The second-order valence-corrected chi connectivity index (χ2v) is 18.6. The molecule has 346 valence electrons. The second kappa shape index (κ2) is 34.0. The highest BCUT2D eigenvalue weighted by Crippen LogP contribution is 2.38. The van der Waals surface area contributed by atoms with E-state index in [0.29, 0.717) is 30.3 Å². The number of carbonyl (C=O) groups excluding carboxylic acids is 2. The molecule has 1 N–H and O–H groups in total. The van der Waals surface area contributed by atoms with Gasteiger partial charge in [-0.15, -0.1) is 0 Å². The van der Waals surface area contributed by atoms with Crippen molar-refractivity contribution in [1.29, 1.82) is 0 Å². The number of aliphatic hydroxyl groups excluding tert-OH is 1. The van der Waals surface area contributed by atoms with Crippen LogP contribution in [0.2, 0.25) is 0 Å². The lowest BCUT2D eigenvalue weighted by Gasteiger charge is -2.28. The highest BCUT2D eigenvalue weighted by atomic mass is 31.2. The maximum Gasteiger partial charge on any atom is 0.306 e. The summed E-state index contributed by atoms with van der Waals surface area (Å²) >= 11 is 0. The highest BCUT2D eigenvalue weighted by molar-refractivity contribution is 7.45. The Morgan fingerprint density at radius 1 is 0.733 bits per heavy atom. The average Bonchev–Trinajstić information content (AvgIpc) is 3.46. The van der Waals surface area contributed by atoms with Gasteiger partial charge in [-0.1, -0.05) is 121 Å². The molecule has 1 aromatic rings. The summed E-state index contributed by atoms with van der Waals surface area (Å²) in [6, 6.07) is 0. The Balaban J connectivity index is 2.37. The minimum Gasteiger partial charge on any atom is -0.756 e. The summed E-state index contributed by atoms with van der Waals surface area (Å²) in [5.41, 5.74) is 2.64. The fourth-order valence-corrected chi connectivity index (χ4v) is 7.24. The molecule has 0 spiro atoms. The molecule has 1 aromatic heterocycles. The molecule has 0 saturated heterocycles. The van der Waals surface area contributed by atoms with Crippen LogP contribution in [0, 0.1) is 13.8 Å². The fourth-order valence-electron chi connectivity index (χ4n) is 6.52. The van der Waals surface area contributed by atoms with Crippen LogP contribution < -0.4 is 4.89 Å². The lowest BCUT2D eigenvalue weighted by atomic mass is 10.0. The van der Waals surface area contributed by atoms with Crippen molar-refractivity contribution >= 4 is 19.8 Å². The standard InChI is InChI=1S/C48H84NO10P/c1-8-10-25-31-43(50)32-27-21-17-13-12-14-19-23-29-35-47(51)55-39-44(40-57-60(53,54)56-38-37-49(5,6)7)58-48(52)36-30-24-20-16-15-18-22-28-34-46-42(4)41(3)45(59-46)33-26-11-9-2/h10,17,21,25,27,32,43-44,50H,8-9,11-16,18-20,22-24,26,28-31,33-40H2,1-7H3/b21-17+,25-10+,32-27+/t43?,44-/m1/s1. The number of quaternary nitrogens is 1. The zero-order chi connectivity index (χ0) is 44.5. The average molecular weight is 866 g/mol. The number of hydrogen-bond donors (Lipinski definition) is 1. The van der Waals surface area contributed by atoms with Crippen LogP contribution in [0.5, 0.6) is 0 Å². The number of allylic oxidation sites excluding steroid dienone is 4. The van der Waals surface area contributed by atoms with E-state index in [1.807, 2.05) is 45.4 Å². The zero-order valence-corrected chi connectivity index (χ0v) is 39.6. The number of furan rings is 1. The van der Waals surface area contributed by atoms with Crippen LogP contribution >= 0.6 is 7.82 Å². The van der Waals surface area contributed by atoms with Gasteiger partial charge in [0.25, 0.3) is 7.82 Å². The summed E-state index contributed by atoms with van der Waals surface area (Å²) in [6.45, 7) is 8.27. The SMILES string of the molecule is CC/C=C/CC(O)/C=C/C=C/CCCCCCCC(=O)OC[C@H](COP(=O)([O-])OCC[N+](C)(C)C)OC(=O)CCCCCCCCCCc1oc(CCCCC)c(C)c1C. The summed E-state index contributed by atoms with van der Waals surface area (Å²) < 4.78 is 40.2. The first-order chi connectivity index (χ1) is 28.7. The Morgan fingerprint density at radius 3 is 1.90 bits per heavy atom. The van der Waals surface area contributed by atoms with Crippen molar-refractivity contribution < 1.29 is 51.6 Å². The van der Waals surface area contributed by atoms with Gasteiger partial charge in [-0.25, -0.2) is 0 Å². The van der Waals surface area contributed by atoms with Gasteiger partial charge in [-0.2, -0.15) is 0 Å². The Kier molecular flexibility index (Phi) is 31.5. The molecule has 60 heavy (non-hydrogen) atoms. The van der Waals surface area contributed by atoms with Crippen molar-refractivity contribution in [3.05, 3.63) is 59.1 Å². The number of likely N-dealkylation sites (N-methyl/N-ethyl adjacent to an activating group) is 1. The van der Waals surface area contributed by atoms with Crippen LogP contribution in [-0.2, 0) is 45.5 Å². The molecule has 0 amide bonds. The Labute approximate surface area is 364 Å². The van der Waals surface area contributed by atoms with Gasteiger partial charge in [0.2, 0.25) is 0 Å². The predicted molar refractivity (Wildman–Crippen MR) is 241 cm³/mol. The number of phosphoric acid groups is 1. The predicted octanol–water partition coefficient (Wildman–Crippen LogP) is 10.9. The molecule has 0 aromatic carbocycles. The van der Waals surface area contributed by atoms with E-state index in [2.05, 4.69) is 33.8 Å². The molecule has 2 unspecified atom stereocenters. The Hall–Kier alpha value is -2.53. The molecule has 0 radical (unpaired) electrons. The molecule has 0 aliphatic heterocycles. The van der Waals surface area contributed by atoms with Gasteiger partial charge < -0.3 is 37.4 Å². The molecule has 11 nitrogen and oxygen atoms in total. The van der Waals surface area contributed by atoms with E-state index in [1.165, 1.54) is 49.0 Å². The van der Waals surface area contributed by atoms with Gasteiger partial charge in [-0.3, -0.25) is 14.2 Å². The molecule has 0 bridgehead atoms. The number of unbranched alkanes of at least 4 members (excludes halogenated alkanes) is 14.